The van der Waals surface area contributed by atoms with Crippen molar-refractivity contribution in [3.05, 3.63) is 0 Å². The zero-order chi connectivity index (χ0) is 21.6. The van der Waals surface area contributed by atoms with Crippen LogP contribution in [0.1, 0.15) is 40.5 Å². The number of likely N-dealkylation sites (tertiary alicyclic amines) is 1. The summed E-state index contributed by atoms with van der Waals surface area (Å²) in [5.41, 5.74) is -0.338. The molecule has 3 aliphatic rings. The van der Waals surface area contributed by atoms with Crippen LogP contribution in [0.4, 0.5) is 4.79 Å². The Morgan fingerprint density at radius 1 is 1.29 bits per heavy atom. The largest absolute Gasteiger partial charge is 0.444 e. The summed E-state index contributed by atoms with van der Waals surface area (Å²) in [7, 11) is 0. The number of ether oxygens (including phenoxy) is 2. The first-order valence-electron chi connectivity index (χ1n) is 11.2. The molecular formula is C21H40IN5O3S. The summed E-state index contributed by atoms with van der Waals surface area (Å²) < 4.78 is 11.0. The molecule has 3 aliphatic heterocycles. The van der Waals surface area contributed by atoms with Crippen molar-refractivity contribution in [1.29, 1.82) is 0 Å². The van der Waals surface area contributed by atoms with Crippen molar-refractivity contribution in [2.45, 2.75) is 57.7 Å². The maximum absolute atomic E-state index is 12.1. The van der Waals surface area contributed by atoms with E-state index in [0.717, 1.165) is 70.6 Å². The molecule has 1 amide bonds. The Balaban J connectivity index is 0.00000341. The normalized spacial score (nSPS) is 27.7. The van der Waals surface area contributed by atoms with Crippen molar-refractivity contribution in [2.24, 2.45) is 4.99 Å². The number of halogens is 1. The zero-order valence-corrected chi connectivity index (χ0v) is 22.6. The molecular weight excluding hydrogens is 529 g/mol. The molecule has 0 radical (unpaired) electrons. The standard InChI is InChI=1S/C21H39N5O3S.HI/c1-5-22-18(25-8-6-17(14-25)24-19(27)29-20(2,3)4)23-15-21(7-13-30-16-21)26-9-11-28-12-10-26;/h17H,5-16H2,1-4H3,(H,22,23)(H,24,27);1H. The van der Waals surface area contributed by atoms with Crippen molar-refractivity contribution in [3.63, 3.8) is 0 Å². The van der Waals surface area contributed by atoms with Crippen LogP contribution < -0.4 is 10.6 Å². The lowest BCUT2D eigenvalue weighted by Crippen LogP contribution is -2.56. The lowest BCUT2D eigenvalue weighted by atomic mass is 9.96. The molecule has 8 nitrogen and oxygen atoms in total. The van der Waals surface area contributed by atoms with E-state index in [1.807, 2.05) is 32.5 Å². The van der Waals surface area contributed by atoms with E-state index in [4.69, 9.17) is 14.5 Å². The van der Waals surface area contributed by atoms with Crippen molar-refractivity contribution >= 4 is 47.8 Å². The first-order chi connectivity index (χ1) is 14.3. The molecule has 10 heteroatoms. The van der Waals surface area contributed by atoms with Gasteiger partial charge in [-0.05, 0) is 46.3 Å². The van der Waals surface area contributed by atoms with Crippen molar-refractivity contribution in [2.75, 3.05) is 64.0 Å². The van der Waals surface area contributed by atoms with Gasteiger partial charge in [-0.25, -0.2) is 4.79 Å². The number of alkyl carbamates (subject to hydrolysis) is 1. The number of carbonyl (C=O) groups excluding carboxylic acids is 1. The van der Waals surface area contributed by atoms with Crippen LogP contribution in [0.3, 0.4) is 0 Å². The molecule has 31 heavy (non-hydrogen) atoms. The number of hydrogen-bond acceptors (Lipinski definition) is 6. The van der Waals surface area contributed by atoms with E-state index < -0.39 is 5.60 Å². The SMILES string of the molecule is CCNC(=NCC1(N2CCOCC2)CCSC1)N1CCC(NC(=O)OC(C)(C)C)C1.I. The fraction of sp³-hybridized carbons (Fsp3) is 0.905. The van der Waals surface area contributed by atoms with Crippen LogP contribution in [0.5, 0.6) is 0 Å². The van der Waals surface area contributed by atoms with Crippen molar-refractivity contribution in [1.82, 2.24) is 20.4 Å². The minimum absolute atomic E-state index is 0. The smallest absolute Gasteiger partial charge is 0.407 e. The second kappa shape index (κ2) is 12.1. The fourth-order valence-corrected chi connectivity index (χ4v) is 5.77. The summed E-state index contributed by atoms with van der Waals surface area (Å²) >= 11 is 2.04. The maximum atomic E-state index is 12.1. The molecule has 2 atom stereocenters. The van der Waals surface area contributed by atoms with Crippen molar-refractivity contribution in [3.8, 4) is 0 Å². The van der Waals surface area contributed by atoms with Gasteiger partial charge in [0.25, 0.3) is 0 Å². The van der Waals surface area contributed by atoms with Gasteiger partial charge in [-0.15, -0.1) is 24.0 Å². The minimum atomic E-state index is -0.480. The minimum Gasteiger partial charge on any atom is -0.444 e. The van der Waals surface area contributed by atoms with Gasteiger partial charge in [0.1, 0.15) is 5.60 Å². The molecule has 3 fully saturated rings. The Labute approximate surface area is 208 Å². The molecule has 3 heterocycles. The maximum Gasteiger partial charge on any atom is 0.407 e. The predicted octanol–water partition coefficient (Wildman–Crippen LogP) is 2.38. The highest BCUT2D eigenvalue weighted by atomic mass is 127. The Bertz CT molecular complexity index is 604. The first-order valence-corrected chi connectivity index (χ1v) is 12.4. The molecule has 3 rings (SSSR count). The van der Waals surface area contributed by atoms with Gasteiger partial charge in [0.15, 0.2) is 5.96 Å². The van der Waals surface area contributed by atoms with Gasteiger partial charge in [-0.2, -0.15) is 11.8 Å². The lowest BCUT2D eigenvalue weighted by molar-refractivity contribution is -0.0105. The summed E-state index contributed by atoms with van der Waals surface area (Å²) in [5, 5.41) is 6.47. The average Bonchev–Trinajstić information content (AvgIpc) is 3.35. The molecule has 0 bridgehead atoms. The molecule has 180 valence electrons. The predicted molar refractivity (Wildman–Crippen MR) is 138 cm³/mol. The summed E-state index contributed by atoms with van der Waals surface area (Å²) in [6, 6.07) is 0.0824. The van der Waals surface area contributed by atoms with E-state index in [9.17, 15) is 4.79 Å². The van der Waals surface area contributed by atoms with E-state index in [-0.39, 0.29) is 41.7 Å². The lowest BCUT2D eigenvalue weighted by Gasteiger charge is -2.42. The van der Waals surface area contributed by atoms with Crippen LogP contribution in [0, 0.1) is 0 Å². The summed E-state index contributed by atoms with van der Waals surface area (Å²) in [6.45, 7) is 14.7. The number of guanidine groups is 1. The highest BCUT2D eigenvalue weighted by Gasteiger charge is 2.41. The molecule has 0 aromatic rings. The summed E-state index contributed by atoms with van der Waals surface area (Å²) in [4.78, 5) is 22.1. The zero-order valence-electron chi connectivity index (χ0n) is 19.4. The van der Waals surface area contributed by atoms with Crippen LogP contribution in [0.15, 0.2) is 4.99 Å². The van der Waals surface area contributed by atoms with Gasteiger partial charge in [0.05, 0.1) is 31.3 Å². The Morgan fingerprint density at radius 2 is 2.03 bits per heavy atom. The van der Waals surface area contributed by atoms with E-state index >= 15 is 0 Å². The number of amides is 1. The van der Waals surface area contributed by atoms with E-state index in [1.54, 1.807) is 0 Å². The number of nitrogens with one attached hydrogen (secondary N) is 2. The van der Waals surface area contributed by atoms with Gasteiger partial charge in [-0.1, -0.05) is 0 Å². The molecule has 2 unspecified atom stereocenters. The Hall–Kier alpha value is -0.460. The molecule has 0 spiro atoms. The van der Waals surface area contributed by atoms with Crippen LogP contribution in [-0.4, -0.2) is 103 Å². The second-order valence-corrected chi connectivity index (χ2v) is 10.5. The quantitative estimate of drug-likeness (QED) is 0.299. The van der Waals surface area contributed by atoms with Gasteiger partial charge < -0.3 is 25.0 Å². The number of nitrogens with zero attached hydrogens (tertiary/aromatic N) is 3. The summed E-state index contributed by atoms with van der Waals surface area (Å²) in [5.74, 6) is 3.30. The third-order valence-electron chi connectivity index (χ3n) is 5.83. The van der Waals surface area contributed by atoms with Crippen LogP contribution in [0.25, 0.3) is 0 Å². The Kier molecular flexibility index (Phi) is 10.5. The fourth-order valence-electron chi connectivity index (χ4n) is 4.30. The number of aliphatic imine (C=N–C) groups is 1. The van der Waals surface area contributed by atoms with E-state index in [2.05, 4.69) is 27.4 Å². The molecule has 0 aromatic carbocycles. The third-order valence-corrected chi connectivity index (χ3v) is 7.07. The molecule has 0 aliphatic carbocycles. The van der Waals surface area contributed by atoms with E-state index in [1.165, 1.54) is 12.2 Å². The number of carbonyl (C=O) groups is 1. The number of hydrogen-bond donors (Lipinski definition) is 2. The summed E-state index contributed by atoms with van der Waals surface area (Å²) in [6.07, 6.45) is 1.74. The average molecular weight is 570 g/mol. The first kappa shape index (κ1) is 26.8. The van der Waals surface area contributed by atoms with Crippen LogP contribution in [0.2, 0.25) is 0 Å². The number of thioether (sulfide) groups is 1. The monoisotopic (exact) mass is 569 g/mol. The third kappa shape index (κ3) is 7.82. The van der Waals surface area contributed by atoms with Crippen LogP contribution >= 0.6 is 35.7 Å². The topological polar surface area (TPSA) is 78.4 Å². The highest BCUT2D eigenvalue weighted by Crippen LogP contribution is 2.34. The van der Waals surface area contributed by atoms with Gasteiger partial charge in [0.2, 0.25) is 0 Å². The van der Waals surface area contributed by atoms with Gasteiger partial charge >= 0.3 is 6.09 Å². The Morgan fingerprint density at radius 3 is 2.65 bits per heavy atom. The highest BCUT2D eigenvalue weighted by molar-refractivity contribution is 14.0. The number of rotatable bonds is 5. The second-order valence-electron chi connectivity index (χ2n) is 9.37. The number of morpholine rings is 1. The van der Waals surface area contributed by atoms with E-state index in [0.29, 0.717) is 0 Å². The molecule has 2 N–H and O–H groups in total. The molecule has 0 aromatic heterocycles. The molecule has 3 saturated heterocycles. The van der Waals surface area contributed by atoms with Gasteiger partial charge in [0, 0.05) is 38.5 Å². The van der Waals surface area contributed by atoms with Crippen molar-refractivity contribution < 1.29 is 14.3 Å². The van der Waals surface area contributed by atoms with Crippen LogP contribution in [-0.2, 0) is 9.47 Å². The van der Waals surface area contributed by atoms with Gasteiger partial charge in [-0.3, -0.25) is 9.89 Å². The molecule has 0 saturated carbocycles.